The maximum Gasteiger partial charge on any atom is 0.408 e. The Bertz CT molecular complexity index is 711. The zero-order valence-electron chi connectivity index (χ0n) is 17.6. The summed E-state index contributed by atoms with van der Waals surface area (Å²) in [5, 5.41) is 10.1. The minimum atomic E-state index is -0.885. The van der Waals surface area contributed by atoms with Gasteiger partial charge in [0.25, 0.3) is 0 Å². The molecule has 1 rings (SSSR count). The van der Waals surface area contributed by atoms with Gasteiger partial charge in [-0.2, -0.15) is 0 Å². The number of benzene rings is 1. The molecular formula is C20H31N5O5. The molecule has 2 atom stereocenters. The van der Waals surface area contributed by atoms with Crippen LogP contribution in [0.3, 0.4) is 0 Å². The first-order valence-electron chi connectivity index (χ1n) is 9.77. The standard InChI is InChI=1S/C20H31N5O5/c1-13(2)16(25-20(29)30-12-14-8-5-4-6-9-14)18(27)24-15(17(26)22-3)10-7-11-23-19(21)28/h4-6,8-9,13,15-16H,7,10-12H2,1-3H3,(H,22,26)(H,24,27)(H,25,29)(H3,21,23,28). The highest BCUT2D eigenvalue weighted by Crippen LogP contribution is 2.06. The summed E-state index contributed by atoms with van der Waals surface area (Å²) in [5.74, 6) is -1.12. The van der Waals surface area contributed by atoms with Crippen molar-refractivity contribution in [1.82, 2.24) is 21.3 Å². The van der Waals surface area contributed by atoms with E-state index in [9.17, 15) is 19.2 Å². The molecule has 0 spiro atoms. The van der Waals surface area contributed by atoms with E-state index in [1.54, 1.807) is 13.8 Å². The molecule has 1 aromatic rings. The van der Waals surface area contributed by atoms with Crippen molar-refractivity contribution in [3.63, 3.8) is 0 Å². The lowest BCUT2D eigenvalue weighted by Gasteiger charge is -2.24. The Balaban J connectivity index is 2.64. The SMILES string of the molecule is CNC(=O)C(CCCNC(N)=O)NC(=O)C(NC(=O)OCc1ccccc1)C(C)C. The summed E-state index contributed by atoms with van der Waals surface area (Å²) in [6.07, 6.45) is -0.00957. The second kappa shape index (κ2) is 13.0. The van der Waals surface area contributed by atoms with E-state index in [1.165, 1.54) is 7.05 Å². The fourth-order valence-electron chi connectivity index (χ4n) is 2.65. The third-order valence-corrected chi connectivity index (χ3v) is 4.28. The van der Waals surface area contributed by atoms with Gasteiger partial charge in [-0.15, -0.1) is 0 Å². The van der Waals surface area contributed by atoms with E-state index < -0.39 is 30.1 Å². The molecule has 30 heavy (non-hydrogen) atoms. The van der Waals surface area contributed by atoms with Gasteiger partial charge in [0.05, 0.1) is 0 Å². The number of ether oxygens (including phenoxy) is 1. The molecule has 166 valence electrons. The number of hydrogen-bond acceptors (Lipinski definition) is 5. The van der Waals surface area contributed by atoms with E-state index in [4.69, 9.17) is 10.5 Å². The molecule has 10 heteroatoms. The van der Waals surface area contributed by atoms with Crippen LogP contribution < -0.4 is 27.0 Å². The number of nitrogens with one attached hydrogen (secondary N) is 4. The van der Waals surface area contributed by atoms with Gasteiger partial charge < -0.3 is 31.7 Å². The number of rotatable bonds is 11. The fraction of sp³-hybridized carbons (Fsp3) is 0.500. The molecular weight excluding hydrogens is 390 g/mol. The first-order chi connectivity index (χ1) is 14.2. The van der Waals surface area contributed by atoms with Gasteiger partial charge in [-0.3, -0.25) is 9.59 Å². The summed E-state index contributed by atoms with van der Waals surface area (Å²) in [5.41, 5.74) is 5.83. The molecule has 0 aliphatic rings. The molecule has 0 heterocycles. The Morgan fingerprint density at radius 2 is 1.70 bits per heavy atom. The lowest BCUT2D eigenvalue weighted by atomic mass is 10.0. The van der Waals surface area contributed by atoms with Gasteiger partial charge >= 0.3 is 12.1 Å². The van der Waals surface area contributed by atoms with Crippen molar-refractivity contribution in [2.45, 2.75) is 45.4 Å². The number of primary amides is 1. The van der Waals surface area contributed by atoms with E-state index in [1.807, 2.05) is 30.3 Å². The second-order valence-electron chi connectivity index (χ2n) is 7.04. The number of amides is 5. The smallest absolute Gasteiger partial charge is 0.408 e. The van der Waals surface area contributed by atoms with Crippen LogP contribution in [0, 0.1) is 5.92 Å². The number of carbonyl (C=O) groups is 4. The van der Waals surface area contributed by atoms with Crippen molar-refractivity contribution >= 4 is 23.9 Å². The molecule has 6 N–H and O–H groups in total. The summed E-state index contributed by atoms with van der Waals surface area (Å²) < 4.78 is 5.17. The number of nitrogens with two attached hydrogens (primary N) is 1. The molecule has 0 aromatic heterocycles. The third kappa shape index (κ3) is 9.26. The highest BCUT2D eigenvalue weighted by Gasteiger charge is 2.28. The molecule has 0 bridgehead atoms. The monoisotopic (exact) mass is 421 g/mol. The van der Waals surface area contributed by atoms with Crippen LogP contribution in [0.4, 0.5) is 9.59 Å². The van der Waals surface area contributed by atoms with E-state index in [-0.39, 0.29) is 31.4 Å². The Labute approximate surface area is 176 Å². The number of hydrogen-bond donors (Lipinski definition) is 5. The quantitative estimate of drug-likeness (QED) is 0.332. The van der Waals surface area contributed by atoms with Gasteiger partial charge in [-0.05, 0) is 24.3 Å². The van der Waals surface area contributed by atoms with Crippen molar-refractivity contribution in [1.29, 1.82) is 0 Å². The lowest BCUT2D eigenvalue weighted by molar-refractivity contribution is -0.130. The minimum Gasteiger partial charge on any atom is -0.445 e. The van der Waals surface area contributed by atoms with Crippen LogP contribution >= 0.6 is 0 Å². The van der Waals surface area contributed by atoms with Crippen LogP contribution in [0.1, 0.15) is 32.3 Å². The Morgan fingerprint density at radius 3 is 2.27 bits per heavy atom. The van der Waals surface area contributed by atoms with Crippen LogP contribution in [0.5, 0.6) is 0 Å². The average Bonchev–Trinajstić information content (AvgIpc) is 2.72. The van der Waals surface area contributed by atoms with Gasteiger partial charge in [0.2, 0.25) is 11.8 Å². The number of alkyl carbamates (subject to hydrolysis) is 1. The number of urea groups is 1. The van der Waals surface area contributed by atoms with E-state index in [0.717, 1.165) is 5.56 Å². The molecule has 0 fully saturated rings. The molecule has 2 unspecified atom stereocenters. The Kier molecular flexibility index (Phi) is 10.7. The first-order valence-corrected chi connectivity index (χ1v) is 9.77. The summed E-state index contributed by atoms with van der Waals surface area (Å²) in [6, 6.07) is 6.80. The van der Waals surface area contributed by atoms with E-state index in [0.29, 0.717) is 6.42 Å². The van der Waals surface area contributed by atoms with Crippen molar-refractivity contribution in [2.24, 2.45) is 11.7 Å². The van der Waals surface area contributed by atoms with Crippen molar-refractivity contribution in [2.75, 3.05) is 13.6 Å². The van der Waals surface area contributed by atoms with Crippen LogP contribution in [-0.2, 0) is 20.9 Å². The van der Waals surface area contributed by atoms with Crippen molar-refractivity contribution < 1.29 is 23.9 Å². The van der Waals surface area contributed by atoms with Crippen LogP contribution in [-0.4, -0.2) is 49.6 Å². The highest BCUT2D eigenvalue weighted by atomic mass is 16.5. The molecule has 0 aliphatic carbocycles. The largest absolute Gasteiger partial charge is 0.445 e. The maximum atomic E-state index is 12.7. The Morgan fingerprint density at radius 1 is 1.03 bits per heavy atom. The second-order valence-corrected chi connectivity index (χ2v) is 7.04. The van der Waals surface area contributed by atoms with Gasteiger partial charge in [0.1, 0.15) is 18.7 Å². The zero-order valence-corrected chi connectivity index (χ0v) is 17.6. The van der Waals surface area contributed by atoms with Crippen molar-refractivity contribution in [3.05, 3.63) is 35.9 Å². The molecule has 1 aromatic carbocycles. The summed E-state index contributed by atoms with van der Waals surface area (Å²) in [7, 11) is 1.46. The van der Waals surface area contributed by atoms with Crippen LogP contribution in [0.15, 0.2) is 30.3 Å². The van der Waals surface area contributed by atoms with Gasteiger partial charge in [-0.1, -0.05) is 44.2 Å². The molecule has 0 saturated carbocycles. The van der Waals surface area contributed by atoms with Crippen LogP contribution in [0.2, 0.25) is 0 Å². The topological polar surface area (TPSA) is 152 Å². The average molecular weight is 421 g/mol. The molecule has 10 nitrogen and oxygen atoms in total. The predicted molar refractivity (Wildman–Crippen MR) is 111 cm³/mol. The van der Waals surface area contributed by atoms with E-state index >= 15 is 0 Å². The molecule has 0 saturated heterocycles. The van der Waals surface area contributed by atoms with Crippen molar-refractivity contribution in [3.8, 4) is 0 Å². The predicted octanol–water partition coefficient (Wildman–Crippen LogP) is 0.617. The van der Waals surface area contributed by atoms with E-state index in [2.05, 4.69) is 21.3 Å². The maximum absolute atomic E-state index is 12.7. The van der Waals surface area contributed by atoms with Gasteiger partial charge in [-0.25, -0.2) is 9.59 Å². The first kappa shape index (κ1) is 24.7. The molecule has 0 radical (unpaired) electrons. The summed E-state index contributed by atoms with van der Waals surface area (Å²) in [4.78, 5) is 47.7. The Hall–Kier alpha value is -3.30. The van der Waals surface area contributed by atoms with Gasteiger partial charge in [0.15, 0.2) is 0 Å². The highest BCUT2D eigenvalue weighted by molar-refractivity contribution is 5.91. The summed E-state index contributed by atoms with van der Waals surface area (Å²) >= 11 is 0. The number of carbonyl (C=O) groups excluding carboxylic acids is 4. The van der Waals surface area contributed by atoms with Gasteiger partial charge in [0, 0.05) is 13.6 Å². The molecule has 5 amide bonds. The summed E-state index contributed by atoms with van der Waals surface area (Å²) in [6.45, 7) is 3.89. The van der Waals surface area contributed by atoms with Crippen LogP contribution in [0.25, 0.3) is 0 Å². The number of likely N-dealkylation sites (N-methyl/N-ethyl adjacent to an activating group) is 1. The zero-order chi connectivity index (χ0) is 22.5. The lowest BCUT2D eigenvalue weighted by Crippen LogP contribution is -2.55. The molecule has 0 aliphatic heterocycles. The minimum absolute atomic E-state index is 0.0762. The third-order valence-electron chi connectivity index (χ3n) is 4.28. The fourth-order valence-corrected chi connectivity index (χ4v) is 2.65. The normalized spacial score (nSPS) is 12.4.